The average Bonchev–Trinajstić information content (AvgIpc) is 3.20. The molecule has 0 unspecified atom stereocenters. The number of hydrogen-bond acceptors (Lipinski definition) is 4. The van der Waals surface area contributed by atoms with E-state index < -0.39 is 10.0 Å². The van der Waals surface area contributed by atoms with Crippen molar-refractivity contribution in [1.29, 1.82) is 0 Å². The Kier molecular flexibility index (Phi) is 7.15. The maximum absolute atomic E-state index is 12.8. The fourth-order valence-electron chi connectivity index (χ4n) is 3.30. The van der Waals surface area contributed by atoms with Gasteiger partial charge >= 0.3 is 0 Å². The van der Waals surface area contributed by atoms with Gasteiger partial charge in [0.05, 0.1) is 10.6 Å². The molecule has 0 heterocycles. The van der Waals surface area contributed by atoms with Gasteiger partial charge in [-0.15, -0.1) is 11.8 Å². The molecule has 0 atom stereocenters. The van der Waals surface area contributed by atoms with Crippen LogP contribution in [0.15, 0.2) is 64.4 Å². The number of hydrogen-bond donors (Lipinski definition) is 1. The van der Waals surface area contributed by atoms with Crippen LogP contribution in [0.1, 0.15) is 31.2 Å². The first-order valence-electron chi connectivity index (χ1n) is 9.47. The molecule has 1 N–H and O–H groups in total. The molecule has 0 aromatic heterocycles. The Balaban J connectivity index is 1.55. The van der Waals surface area contributed by atoms with Gasteiger partial charge in [0.15, 0.2) is 0 Å². The summed E-state index contributed by atoms with van der Waals surface area (Å²) in [5.74, 6) is 0.382. The first-order valence-corrected chi connectivity index (χ1v) is 11.9. The maximum Gasteiger partial charge on any atom is 0.243 e. The van der Waals surface area contributed by atoms with Crippen LogP contribution in [0.5, 0.6) is 0 Å². The molecule has 5 nitrogen and oxygen atoms in total. The maximum atomic E-state index is 12.8. The summed E-state index contributed by atoms with van der Waals surface area (Å²) in [5, 5.41) is 3.06. The zero-order valence-electron chi connectivity index (χ0n) is 16.0. The lowest BCUT2D eigenvalue weighted by atomic mass is 10.2. The Bertz CT molecular complexity index is 878. The highest BCUT2D eigenvalue weighted by Crippen LogP contribution is 2.23. The van der Waals surface area contributed by atoms with Crippen molar-refractivity contribution < 1.29 is 13.2 Å². The van der Waals surface area contributed by atoms with E-state index in [-0.39, 0.29) is 10.8 Å². The second-order valence-electron chi connectivity index (χ2n) is 7.06. The smallest absolute Gasteiger partial charge is 0.243 e. The zero-order chi connectivity index (χ0) is 20.0. The fourth-order valence-corrected chi connectivity index (χ4v) is 5.17. The standard InChI is InChI=1S/C21H26N2O3S2/c1-23(15-17-7-3-2-4-8-17)28(25,26)20-13-11-19(12-14-20)27-16-21(24)22-18-9-5-6-10-18/h2-4,7-8,11-14,18H,5-6,9-10,15-16H2,1H3,(H,22,24). The van der Waals surface area contributed by atoms with Crippen LogP contribution in [0.25, 0.3) is 0 Å². The summed E-state index contributed by atoms with van der Waals surface area (Å²) in [6.45, 7) is 0.320. The third-order valence-electron chi connectivity index (χ3n) is 4.87. The van der Waals surface area contributed by atoms with Crippen LogP contribution < -0.4 is 5.32 Å². The first kappa shape index (κ1) is 20.9. The second kappa shape index (κ2) is 9.58. The van der Waals surface area contributed by atoms with E-state index in [1.165, 1.54) is 28.9 Å². The van der Waals surface area contributed by atoms with Crippen molar-refractivity contribution in [3.8, 4) is 0 Å². The Hall–Kier alpha value is -1.83. The zero-order valence-corrected chi connectivity index (χ0v) is 17.6. The van der Waals surface area contributed by atoms with Crippen LogP contribution in [0.4, 0.5) is 0 Å². The summed E-state index contributed by atoms with van der Waals surface area (Å²) in [6.07, 6.45) is 4.51. The highest BCUT2D eigenvalue weighted by Gasteiger charge is 2.21. The van der Waals surface area contributed by atoms with E-state index in [4.69, 9.17) is 0 Å². The van der Waals surface area contributed by atoms with Gasteiger partial charge in [-0.2, -0.15) is 4.31 Å². The van der Waals surface area contributed by atoms with Gasteiger partial charge < -0.3 is 5.32 Å². The minimum Gasteiger partial charge on any atom is -0.353 e. The summed E-state index contributed by atoms with van der Waals surface area (Å²) in [6, 6.07) is 16.6. The molecule has 150 valence electrons. The number of sulfonamides is 1. The third kappa shape index (κ3) is 5.59. The van der Waals surface area contributed by atoms with Crippen molar-refractivity contribution >= 4 is 27.7 Å². The molecule has 1 aliphatic rings. The lowest BCUT2D eigenvalue weighted by molar-refractivity contribution is -0.119. The van der Waals surface area contributed by atoms with E-state index in [0.29, 0.717) is 18.3 Å². The lowest BCUT2D eigenvalue weighted by Crippen LogP contribution is -2.33. The number of nitrogens with zero attached hydrogens (tertiary/aromatic N) is 1. The minimum absolute atomic E-state index is 0.0381. The summed E-state index contributed by atoms with van der Waals surface area (Å²) in [5.41, 5.74) is 0.939. The molecule has 0 saturated heterocycles. The van der Waals surface area contributed by atoms with Crippen LogP contribution in [0, 0.1) is 0 Å². The van der Waals surface area contributed by atoms with E-state index in [0.717, 1.165) is 23.3 Å². The van der Waals surface area contributed by atoms with Gasteiger partial charge in [-0.1, -0.05) is 43.2 Å². The Morgan fingerprint density at radius 3 is 2.36 bits per heavy atom. The van der Waals surface area contributed by atoms with Gasteiger partial charge in [-0.05, 0) is 42.7 Å². The molecule has 2 aromatic carbocycles. The number of carbonyl (C=O) groups is 1. The SMILES string of the molecule is CN(Cc1ccccc1)S(=O)(=O)c1ccc(SCC(=O)NC2CCCC2)cc1. The highest BCUT2D eigenvalue weighted by atomic mass is 32.2. The van der Waals surface area contributed by atoms with Crippen LogP contribution in [0.2, 0.25) is 0 Å². The molecule has 3 rings (SSSR count). The molecule has 0 spiro atoms. The number of benzene rings is 2. The Labute approximate surface area is 171 Å². The largest absolute Gasteiger partial charge is 0.353 e. The molecular weight excluding hydrogens is 392 g/mol. The van der Waals surface area contributed by atoms with Crippen molar-refractivity contribution in [2.75, 3.05) is 12.8 Å². The van der Waals surface area contributed by atoms with Crippen LogP contribution >= 0.6 is 11.8 Å². The summed E-state index contributed by atoms with van der Waals surface area (Å²) in [7, 11) is -1.97. The van der Waals surface area contributed by atoms with E-state index in [1.54, 1.807) is 31.3 Å². The second-order valence-corrected chi connectivity index (χ2v) is 10.1. The summed E-state index contributed by atoms with van der Waals surface area (Å²) >= 11 is 1.42. The van der Waals surface area contributed by atoms with Crippen LogP contribution in [0.3, 0.4) is 0 Å². The number of carbonyl (C=O) groups excluding carboxylic acids is 1. The van der Waals surface area contributed by atoms with Gasteiger partial charge in [0.2, 0.25) is 15.9 Å². The van der Waals surface area contributed by atoms with E-state index in [9.17, 15) is 13.2 Å². The molecule has 28 heavy (non-hydrogen) atoms. The van der Waals surface area contributed by atoms with Gasteiger partial charge in [0, 0.05) is 24.5 Å². The van der Waals surface area contributed by atoms with Gasteiger partial charge in [-0.25, -0.2) is 8.42 Å². The molecule has 0 aliphatic heterocycles. The van der Waals surface area contributed by atoms with Crippen molar-refractivity contribution in [3.05, 3.63) is 60.2 Å². The molecule has 1 amide bonds. The average molecular weight is 419 g/mol. The number of nitrogens with one attached hydrogen (secondary N) is 1. The van der Waals surface area contributed by atoms with E-state index in [2.05, 4.69) is 5.32 Å². The van der Waals surface area contributed by atoms with Gasteiger partial charge in [0.25, 0.3) is 0 Å². The molecule has 1 fully saturated rings. The van der Waals surface area contributed by atoms with Crippen molar-refractivity contribution in [1.82, 2.24) is 9.62 Å². The predicted octanol–water partition coefficient (Wildman–Crippen LogP) is 3.66. The van der Waals surface area contributed by atoms with Crippen LogP contribution in [-0.2, 0) is 21.4 Å². The van der Waals surface area contributed by atoms with Crippen LogP contribution in [-0.4, -0.2) is 37.5 Å². The Morgan fingerprint density at radius 2 is 1.71 bits per heavy atom. The monoisotopic (exact) mass is 418 g/mol. The summed E-state index contributed by atoms with van der Waals surface area (Å²) < 4.78 is 26.9. The predicted molar refractivity (Wildman–Crippen MR) is 113 cm³/mol. The fraction of sp³-hybridized carbons (Fsp3) is 0.381. The summed E-state index contributed by atoms with van der Waals surface area (Å²) in [4.78, 5) is 13.2. The number of thioether (sulfide) groups is 1. The molecule has 1 saturated carbocycles. The quantitative estimate of drug-likeness (QED) is 0.665. The molecule has 0 bridgehead atoms. The number of amides is 1. The molecule has 7 heteroatoms. The van der Waals surface area contributed by atoms with Gasteiger partial charge in [0.1, 0.15) is 0 Å². The minimum atomic E-state index is -3.56. The van der Waals surface area contributed by atoms with Crippen molar-refractivity contribution in [2.45, 2.75) is 48.1 Å². The van der Waals surface area contributed by atoms with Crippen molar-refractivity contribution in [3.63, 3.8) is 0 Å². The normalized spacial score (nSPS) is 15.1. The topological polar surface area (TPSA) is 66.5 Å². The van der Waals surface area contributed by atoms with E-state index >= 15 is 0 Å². The molecular formula is C21H26N2O3S2. The van der Waals surface area contributed by atoms with Crippen molar-refractivity contribution in [2.24, 2.45) is 0 Å². The Morgan fingerprint density at radius 1 is 1.07 bits per heavy atom. The van der Waals surface area contributed by atoms with E-state index in [1.807, 2.05) is 30.3 Å². The molecule has 1 aliphatic carbocycles. The lowest BCUT2D eigenvalue weighted by Gasteiger charge is -2.17. The molecule has 0 radical (unpaired) electrons. The molecule has 2 aromatic rings. The third-order valence-corrected chi connectivity index (χ3v) is 7.70. The first-order chi connectivity index (χ1) is 13.4. The van der Waals surface area contributed by atoms with Gasteiger partial charge in [-0.3, -0.25) is 4.79 Å². The highest BCUT2D eigenvalue weighted by molar-refractivity contribution is 8.00. The number of rotatable bonds is 8.